The molecular formula is C9H11ClN2. The largest absolute Gasteiger partial charge is 0.382 e. The topological polar surface area (TPSA) is 16.1 Å². The van der Waals surface area contributed by atoms with Crippen LogP contribution in [0.5, 0.6) is 0 Å². The third-order valence-electron chi connectivity index (χ3n) is 1.33. The molecule has 0 aliphatic heterocycles. The Kier molecular flexibility index (Phi) is 3.11. The molecule has 0 bridgehead atoms. The summed E-state index contributed by atoms with van der Waals surface area (Å²) in [6, 6.07) is 3.75. The van der Waals surface area contributed by atoms with Gasteiger partial charge in [-0.3, -0.25) is 4.98 Å². The minimum absolute atomic E-state index is 0.724. The minimum Gasteiger partial charge on any atom is -0.382 e. The van der Waals surface area contributed by atoms with E-state index in [1.165, 1.54) is 0 Å². The molecule has 0 saturated heterocycles. The smallest absolute Gasteiger partial charge is 0.0637 e. The Balaban J connectivity index is 2.85. The van der Waals surface area contributed by atoms with Gasteiger partial charge in [0.05, 0.1) is 5.03 Å². The highest BCUT2D eigenvalue weighted by Gasteiger charge is 1.95. The van der Waals surface area contributed by atoms with Crippen molar-refractivity contribution in [3.63, 3.8) is 0 Å². The van der Waals surface area contributed by atoms with E-state index in [-0.39, 0.29) is 0 Å². The molecule has 0 N–H and O–H groups in total. The molecule has 0 aromatic carbocycles. The Hall–Kier alpha value is -1.02. The summed E-state index contributed by atoms with van der Waals surface area (Å²) < 4.78 is 0. The monoisotopic (exact) mass is 182 g/mol. The number of pyridine rings is 1. The third kappa shape index (κ3) is 2.55. The van der Waals surface area contributed by atoms with Crippen LogP contribution in [-0.2, 0) is 0 Å². The first kappa shape index (κ1) is 9.07. The van der Waals surface area contributed by atoms with Crippen LogP contribution < -0.4 is 0 Å². The van der Waals surface area contributed by atoms with Gasteiger partial charge in [-0.25, -0.2) is 0 Å². The average molecular weight is 183 g/mol. The fraction of sp³-hybridized carbons (Fsp3) is 0.222. The van der Waals surface area contributed by atoms with Gasteiger partial charge >= 0.3 is 0 Å². The lowest BCUT2D eigenvalue weighted by Gasteiger charge is -2.06. The third-order valence-corrected chi connectivity index (χ3v) is 1.64. The zero-order valence-corrected chi connectivity index (χ0v) is 7.92. The van der Waals surface area contributed by atoms with E-state index >= 15 is 0 Å². The van der Waals surface area contributed by atoms with E-state index < -0.39 is 0 Å². The number of hydrogen-bond acceptors (Lipinski definition) is 2. The molecule has 0 radical (unpaired) electrons. The van der Waals surface area contributed by atoms with Crippen molar-refractivity contribution in [1.82, 2.24) is 9.88 Å². The fourth-order valence-corrected chi connectivity index (χ4v) is 1.13. The second-order valence-electron chi connectivity index (χ2n) is 2.68. The van der Waals surface area contributed by atoms with Gasteiger partial charge < -0.3 is 4.90 Å². The highest BCUT2D eigenvalue weighted by molar-refractivity contribution is 6.48. The predicted octanol–water partition coefficient (Wildman–Crippen LogP) is 2.18. The first-order valence-electron chi connectivity index (χ1n) is 3.64. The maximum Gasteiger partial charge on any atom is 0.0637 e. The van der Waals surface area contributed by atoms with Gasteiger partial charge in [-0.05, 0) is 17.7 Å². The van der Waals surface area contributed by atoms with Crippen molar-refractivity contribution in [3.8, 4) is 0 Å². The van der Waals surface area contributed by atoms with Crippen LogP contribution in [0, 0.1) is 0 Å². The van der Waals surface area contributed by atoms with Crippen LogP contribution in [0.2, 0.25) is 0 Å². The minimum atomic E-state index is 0.724. The molecule has 0 unspecified atom stereocenters. The van der Waals surface area contributed by atoms with Crippen molar-refractivity contribution in [3.05, 3.63) is 36.3 Å². The summed E-state index contributed by atoms with van der Waals surface area (Å²) in [6.07, 6.45) is 5.30. The van der Waals surface area contributed by atoms with Gasteiger partial charge in [0.2, 0.25) is 0 Å². The van der Waals surface area contributed by atoms with Crippen molar-refractivity contribution in [1.29, 1.82) is 0 Å². The van der Waals surface area contributed by atoms with Crippen molar-refractivity contribution in [2.24, 2.45) is 0 Å². The number of hydrogen-bond donors (Lipinski definition) is 0. The van der Waals surface area contributed by atoms with Crippen molar-refractivity contribution >= 4 is 16.6 Å². The van der Waals surface area contributed by atoms with Gasteiger partial charge in [0.1, 0.15) is 0 Å². The Labute approximate surface area is 77.5 Å². The maximum absolute atomic E-state index is 5.99. The van der Waals surface area contributed by atoms with Crippen LogP contribution in [-0.4, -0.2) is 24.0 Å². The Bertz CT molecular complexity index is 267. The molecule has 1 aromatic heterocycles. The molecule has 0 aliphatic carbocycles. The summed E-state index contributed by atoms with van der Waals surface area (Å²) >= 11 is 5.99. The highest BCUT2D eigenvalue weighted by atomic mass is 35.5. The zero-order chi connectivity index (χ0) is 8.97. The molecule has 0 spiro atoms. The summed E-state index contributed by atoms with van der Waals surface area (Å²) in [4.78, 5) is 5.81. The zero-order valence-electron chi connectivity index (χ0n) is 7.16. The number of nitrogens with zero attached hydrogens (tertiary/aromatic N) is 2. The van der Waals surface area contributed by atoms with Crippen LogP contribution >= 0.6 is 11.6 Å². The van der Waals surface area contributed by atoms with Crippen LogP contribution in [0.15, 0.2) is 30.7 Å². The maximum atomic E-state index is 5.99. The van der Waals surface area contributed by atoms with E-state index in [9.17, 15) is 0 Å². The van der Waals surface area contributed by atoms with Crippen molar-refractivity contribution in [2.75, 3.05) is 14.1 Å². The lowest BCUT2D eigenvalue weighted by atomic mass is 10.2. The number of aromatic nitrogens is 1. The van der Waals surface area contributed by atoms with E-state index in [1.54, 1.807) is 12.4 Å². The molecule has 0 saturated carbocycles. The second kappa shape index (κ2) is 4.12. The summed E-state index contributed by atoms with van der Waals surface area (Å²) in [7, 11) is 3.87. The molecule has 0 aliphatic rings. The quantitative estimate of drug-likeness (QED) is 0.697. The van der Waals surface area contributed by atoms with E-state index in [0.717, 1.165) is 10.6 Å². The normalized spacial score (nSPS) is 11.4. The molecule has 0 fully saturated rings. The first-order valence-corrected chi connectivity index (χ1v) is 4.02. The number of halogens is 1. The average Bonchev–Trinajstić information content (AvgIpc) is 2.05. The van der Waals surface area contributed by atoms with Gasteiger partial charge in [0, 0.05) is 32.7 Å². The van der Waals surface area contributed by atoms with Gasteiger partial charge in [-0.15, -0.1) is 0 Å². The van der Waals surface area contributed by atoms with Crippen LogP contribution in [0.4, 0.5) is 0 Å². The SMILES string of the molecule is CN(C)C=C(Cl)c1ccncc1. The number of rotatable bonds is 2. The summed E-state index contributed by atoms with van der Waals surface area (Å²) in [6.45, 7) is 0. The summed E-state index contributed by atoms with van der Waals surface area (Å²) in [5.74, 6) is 0. The van der Waals surface area contributed by atoms with E-state index in [1.807, 2.05) is 37.3 Å². The van der Waals surface area contributed by atoms with Crippen LogP contribution in [0.1, 0.15) is 5.56 Å². The lowest BCUT2D eigenvalue weighted by Crippen LogP contribution is -2.01. The molecule has 0 amide bonds. The van der Waals surface area contributed by atoms with Crippen molar-refractivity contribution in [2.45, 2.75) is 0 Å². The summed E-state index contributed by atoms with van der Waals surface area (Å²) in [5, 5.41) is 0.724. The molecule has 64 valence electrons. The van der Waals surface area contributed by atoms with E-state index in [0.29, 0.717) is 0 Å². The van der Waals surface area contributed by atoms with Crippen molar-refractivity contribution < 1.29 is 0 Å². The van der Waals surface area contributed by atoms with Gasteiger partial charge in [-0.2, -0.15) is 0 Å². The van der Waals surface area contributed by atoms with Gasteiger partial charge in [0.25, 0.3) is 0 Å². The summed E-state index contributed by atoms with van der Waals surface area (Å²) in [5.41, 5.74) is 0.986. The van der Waals surface area contributed by atoms with E-state index in [4.69, 9.17) is 11.6 Å². The second-order valence-corrected chi connectivity index (χ2v) is 3.08. The Morgan fingerprint density at radius 1 is 1.42 bits per heavy atom. The molecule has 1 heterocycles. The Morgan fingerprint density at radius 2 is 2.00 bits per heavy atom. The predicted molar refractivity (Wildman–Crippen MR) is 51.8 cm³/mol. The molecule has 0 atom stereocenters. The lowest BCUT2D eigenvalue weighted by molar-refractivity contribution is 0.567. The van der Waals surface area contributed by atoms with Crippen LogP contribution in [0.25, 0.3) is 5.03 Å². The van der Waals surface area contributed by atoms with Gasteiger partial charge in [-0.1, -0.05) is 11.6 Å². The fourth-order valence-electron chi connectivity index (χ4n) is 0.812. The molecule has 2 nitrogen and oxygen atoms in total. The van der Waals surface area contributed by atoms with Crippen LogP contribution in [0.3, 0.4) is 0 Å². The molecular weight excluding hydrogens is 172 g/mol. The molecule has 1 aromatic rings. The molecule has 3 heteroatoms. The Morgan fingerprint density at radius 3 is 2.50 bits per heavy atom. The molecule has 1 rings (SSSR count). The highest BCUT2D eigenvalue weighted by Crippen LogP contribution is 2.17. The van der Waals surface area contributed by atoms with Gasteiger partial charge in [0.15, 0.2) is 0 Å². The molecule has 12 heavy (non-hydrogen) atoms. The van der Waals surface area contributed by atoms with E-state index in [2.05, 4.69) is 4.98 Å². The first-order chi connectivity index (χ1) is 5.70. The standard InChI is InChI=1S/C9H11ClN2/c1-12(2)7-9(10)8-3-5-11-6-4-8/h3-7H,1-2H3.